The van der Waals surface area contributed by atoms with Crippen molar-refractivity contribution in [1.29, 1.82) is 0 Å². The molecule has 2 aliphatic rings. The van der Waals surface area contributed by atoms with Gasteiger partial charge in [0.1, 0.15) is 0 Å². The van der Waals surface area contributed by atoms with E-state index in [1.165, 1.54) is 16.8 Å². The fourth-order valence-corrected chi connectivity index (χ4v) is 4.66. The molecule has 0 atom stereocenters. The van der Waals surface area contributed by atoms with E-state index in [2.05, 4.69) is 15.1 Å². The zero-order valence-corrected chi connectivity index (χ0v) is 14.6. The van der Waals surface area contributed by atoms with Gasteiger partial charge in [0, 0.05) is 38.4 Å². The molecule has 0 aliphatic carbocycles. The maximum Gasteiger partial charge on any atom is 0.274 e. The Labute approximate surface area is 145 Å². The lowest BCUT2D eigenvalue weighted by molar-refractivity contribution is 0.0691. The van der Waals surface area contributed by atoms with Crippen molar-refractivity contribution in [3.05, 3.63) is 30.0 Å². The van der Waals surface area contributed by atoms with Crippen molar-refractivity contribution in [3.63, 3.8) is 0 Å². The van der Waals surface area contributed by atoms with Crippen molar-refractivity contribution >= 4 is 15.9 Å². The summed E-state index contributed by atoms with van der Waals surface area (Å²) in [5.41, 5.74) is 1.57. The summed E-state index contributed by atoms with van der Waals surface area (Å²) in [4.78, 5) is 20.7. The number of sulfonamides is 1. The highest BCUT2D eigenvalue weighted by Gasteiger charge is 2.32. The van der Waals surface area contributed by atoms with Gasteiger partial charge in [0.25, 0.3) is 15.9 Å². The summed E-state index contributed by atoms with van der Waals surface area (Å²) in [7, 11) is -3.58. The maximum atomic E-state index is 12.7. The number of aromatic amines is 1. The molecule has 9 nitrogen and oxygen atoms in total. The molecule has 10 heteroatoms. The predicted molar refractivity (Wildman–Crippen MR) is 88.4 cm³/mol. The van der Waals surface area contributed by atoms with Crippen LogP contribution in [0.2, 0.25) is 0 Å². The number of hydrogen-bond acceptors (Lipinski definition) is 5. The van der Waals surface area contributed by atoms with Crippen LogP contribution in [0.1, 0.15) is 29.0 Å². The predicted octanol–water partition coefficient (Wildman–Crippen LogP) is 0.0892. The number of fused-ring (bicyclic) bond motifs is 1. The van der Waals surface area contributed by atoms with Gasteiger partial charge < -0.3 is 9.88 Å². The quantitative estimate of drug-likeness (QED) is 0.831. The summed E-state index contributed by atoms with van der Waals surface area (Å²) in [6, 6.07) is 1.87. The molecule has 0 bridgehead atoms. The van der Waals surface area contributed by atoms with Crippen molar-refractivity contribution in [2.75, 3.05) is 26.2 Å². The molecule has 0 radical (unpaired) electrons. The highest BCUT2D eigenvalue weighted by molar-refractivity contribution is 7.89. The van der Waals surface area contributed by atoms with Crippen LogP contribution in [0.15, 0.2) is 23.6 Å². The summed E-state index contributed by atoms with van der Waals surface area (Å²) in [6.45, 7) is 2.10. The molecular formula is C15H20N6O3S. The van der Waals surface area contributed by atoms with Gasteiger partial charge in [-0.2, -0.15) is 9.40 Å². The Balaban J connectivity index is 1.43. The smallest absolute Gasteiger partial charge is 0.274 e. The van der Waals surface area contributed by atoms with Crippen LogP contribution in [-0.2, 0) is 23.0 Å². The molecule has 1 amide bonds. The van der Waals surface area contributed by atoms with Crippen LogP contribution >= 0.6 is 0 Å². The zero-order valence-electron chi connectivity index (χ0n) is 13.8. The Morgan fingerprint density at radius 3 is 2.60 bits per heavy atom. The van der Waals surface area contributed by atoms with Crippen LogP contribution in [0.4, 0.5) is 0 Å². The molecule has 1 saturated heterocycles. The molecule has 1 fully saturated rings. The van der Waals surface area contributed by atoms with Crippen LogP contribution < -0.4 is 0 Å². The first kappa shape index (κ1) is 16.3. The van der Waals surface area contributed by atoms with Crippen LogP contribution in [-0.4, -0.2) is 69.5 Å². The number of aromatic nitrogens is 4. The van der Waals surface area contributed by atoms with Gasteiger partial charge in [-0.3, -0.25) is 9.48 Å². The van der Waals surface area contributed by atoms with E-state index in [0.717, 1.165) is 31.5 Å². The number of nitrogens with zero attached hydrogens (tertiary/aromatic N) is 5. The fourth-order valence-electron chi connectivity index (χ4n) is 3.34. The summed E-state index contributed by atoms with van der Waals surface area (Å²) >= 11 is 0. The van der Waals surface area contributed by atoms with E-state index in [4.69, 9.17) is 0 Å². The lowest BCUT2D eigenvalue weighted by atomic mass is 10.1. The van der Waals surface area contributed by atoms with E-state index in [9.17, 15) is 13.2 Å². The maximum absolute atomic E-state index is 12.7. The average molecular weight is 364 g/mol. The normalized spacial score (nSPS) is 19.0. The van der Waals surface area contributed by atoms with Crippen molar-refractivity contribution < 1.29 is 13.2 Å². The number of piperazine rings is 1. The first-order chi connectivity index (χ1) is 12.1. The van der Waals surface area contributed by atoms with Gasteiger partial charge in [0.2, 0.25) is 0 Å². The van der Waals surface area contributed by atoms with Crippen molar-refractivity contribution in [2.24, 2.45) is 0 Å². The van der Waals surface area contributed by atoms with Crippen molar-refractivity contribution in [3.8, 4) is 0 Å². The number of rotatable bonds is 3. The topological polar surface area (TPSA) is 104 Å². The zero-order chi connectivity index (χ0) is 17.4. The lowest BCUT2D eigenvalue weighted by Crippen LogP contribution is -2.50. The molecule has 1 N–H and O–H groups in total. The Bertz CT molecular complexity index is 842. The van der Waals surface area contributed by atoms with E-state index in [1.54, 1.807) is 4.90 Å². The fraction of sp³-hybridized carbons (Fsp3) is 0.533. The summed E-state index contributed by atoms with van der Waals surface area (Å²) in [5, 5.41) is 4.49. The third kappa shape index (κ3) is 2.95. The molecule has 0 spiro atoms. The largest absolute Gasteiger partial charge is 0.335 e. The second kappa shape index (κ2) is 6.26. The Hall–Kier alpha value is -2.20. The van der Waals surface area contributed by atoms with E-state index in [1.807, 2.05) is 10.7 Å². The number of carbonyl (C=O) groups is 1. The van der Waals surface area contributed by atoms with Gasteiger partial charge >= 0.3 is 0 Å². The molecule has 4 heterocycles. The van der Waals surface area contributed by atoms with Crippen molar-refractivity contribution in [2.45, 2.75) is 30.8 Å². The third-order valence-electron chi connectivity index (χ3n) is 4.75. The number of hydrogen-bond donors (Lipinski definition) is 1. The van der Waals surface area contributed by atoms with Crippen LogP contribution in [0.25, 0.3) is 0 Å². The minimum absolute atomic E-state index is 0.0778. The van der Waals surface area contributed by atoms with Gasteiger partial charge in [0.15, 0.2) is 10.7 Å². The van der Waals surface area contributed by atoms with E-state index >= 15 is 0 Å². The van der Waals surface area contributed by atoms with Gasteiger partial charge in [-0.25, -0.2) is 13.4 Å². The number of aryl methyl sites for hydroxylation is 2. The minimum atomic E-state index is -3.58. The molecule has 0 unspecified atom stereocenters. The van der Waals surface area contributed by atoms with E-state index in [-0.39, 0.29) is 24.0 Å². The molecular weight excluding hydrogens is 344 g/mol. The summed E-state index contributed by atoms with van der Waals surface area (Å²) in [5.74, 6) is -0.125. The summed E-state index contributed by atoms with van der Waals surface area (Å²) in [6.07, 6.45) is 5.81. The molecule has 2 aliphatic heterocycles. The second-order valence-electron chi connectivity index (χ2n) is 6.31. The first-order valence-electron chi connectivity index (χ1n) is 8.40. The standard InChI is InChI=1S/C15H20N6O3S/c22-15(13-9-12-3-1-2-4-21(12)18-13)19-5-7-20(8-6-19)25(23,24)14-10-16-11-17-14/h9-11H,1-8H2,(H,16,17). The van der Waals surface area contributed by atoms with Crippen LogP contribution in [0.5, 0.6) is 0 Å². The van der Waals surface area contributed by atoms with E-state index in [0.29, 0.717) is 18.8 Å². The molecule has 2 aromatic heterocycles. The van der Waals surface area contributed by atoms with Crippen LogP contribution in [0, 0.1) is 0 Å². The highest BCUT2D eigenvalue weighted by Crippen LogP contribution is 2.19. The number of carbonyl (C=O) groups excluding carboxylic acids is 1. The van der Waals surface area contributed by atoms with E-state index < -0.39 is 10.0 Å². The minimum Gasteiger partial charge on any atom is -0.335 e. The molecule has 2 aromatic rings. The summed E-state index contributed by atoms with van der Waals surface area (Å²) < 4.78 is 28.2. The number of H-pyrrole nitrogens is 1. The second-order valence-corrected chi connectivity index (χ2v) is 8.22. The molecule has 0 aromatic carbocycles. The van der Waals surface area contributed by atoms with Gasteiger partial charge in [-0.1, -0.05) is 0 Å². The highest BCUT2D eigenvalue weighted by atomic mass is 32.2. The van der Waals surface area contributed by atoms with Gasteiger partial charge in [-0.05, 0) is 25.3 Å². The monoisotopic (exact) mass is 364 g/mol. The van der Waals surface area contributed by atoms with Crippen LogP contribution in [0.3, 0.4) is 0 Å². The Kier molecular flexibility index (Phi) is 4.08. The molecule has 25 heavy (non-hydrogen) atoms. The van der Waals surface area contributed by atoms with Gasteiger partial charge in [-0.15, -0.1) is 0 Å². The van der Waals surface area contributed by atoms with Gasteiger partial charge in [0.05, 0.1) is 12.5 Å². The molecule has 134 valence electrons. The third-order valence-corrected chi connectivity index (χ3v) is 6.58. The Morgan fingerprint density at radius 2 is 1.92 bits per heavy atom. The van der Waals surface area contributed by atoms with Crippen molar-refractivity contribution in [1.82, 2.24) is 29.0 Å². The Morgan fingerprint density at radius 1 is 1.12 bits per heavy atom. The number of imidazole rings is 1. The SMILES string of the molecule is O=C(c1cc2n(n1)CCCC2)N1CCN(S(=O)(=O)c2cnc[nH]2)CC1. The first-order valence-corrected chi connectivity index (χ1v) is 9.84. The average Bonchev–Trinajstić information content (AvgIpc) is 3.31. The molecule has 4 rings (SSSR count). The molecule has 0 saturated carbocycles. The number of nitrogens with one attached hydrogen (secondary N) is 1. The number of amides is 1. The lowest BCUT2D eigenvalue weighted by Gasteiger charge is -2.33.